The van der Waals surface area contributed by atoms with Gasteiger partial charge in [0.15, 0.2) is 0 Å². The van der Waals surface area contributed by atoms with Crippen LogP contribution in [0, 0.1) is 11.3 Å². The zero-order valence-electron chi connectivity index (χ0n) is 13.6. The normalized spacial score (nSPS) is 11.0. The van der Waals surface area contributed by atoms with Gasteiger partial charge in [-0.25, -0.2) is 0 Å². The number of nitriles is 1. The van der Waals surface area contributed by atoms with Gasteiger partial charge >= 0.3 is 6.18 Å². The molecule has 0 saturated carbocycles. The van der Waals surface area contributed by atoms with Crippen molar-refractivity contribution in [1.82, 2.24) is 0 Å². The average molecular weight is 353 g/mol. The summed E-state index contributed by atoms with van der Waals surface area (Å²) in [5.74, 6) is 0.437. The fourth-order valence-electron chi connectivity index (χ4n) is 2.68. The molecule has 0 aliphatic carbocycles. The molecule has 26 heavy (non-hydrogen) atoms. The van der Waals surface area contributed by atoms with E-state index in [9.17, 15) is 18.4 Å². The van der Waals surface area contributed by atoms with Gasteiger partial charge in [-0.3, -0.25) is 0 Å². The minimum Gasteiger partial charge on any atom is -0.489 e. The van der Waals surface area contributed by atoms with E-state index in [2.05, 4.69) is 0 Å². The van der Waals surface area contributed by atoms with Crippen molar-refractivity contribution in [3.05, 3.63) is 89.5 Å². The van der Waals surface area contributed by atoms with Gasteiger partial charge in [-0.2, -0.15) is 18.4 Å². The second-order valence-electron chi connectivity index (χ2n) is 5.64. The molecule has 0 unspecified atom stereocenters. The average Bonchev–Trinajstić information content (AvgIpc) is 2.66. The Bertz CT molecular complexity index is 943. The van der Waals surface area contributed by atoms with Gasteiger partial charge in [-0.15, -0.1) is 0 Å². The Morgan fingerprint density at radius 1 is 0.885 bits per heavy atom. The lowest BCUT2D eigenvalue weighted by atomic mass is 9.94. The minimum absolute atomic E-state index is 0.0277. The second kappa shape index (κ2) is 7.32. The molecular weight excluding hydrogens is 339 g/mol. The van der Waals surface area contributed by atoms with E-state index in [0.29, 0.717) is 17.9 Å². The Labute approximate surface area is 149 Å². The molecule has 0 fully saturated rings. The van der Waals surface area contributed by atoms with Crippen molar-refractivity contribution in [2.24, 2.45) is 0 Å². The van der Waals surface area contributed by atoms with Gasteiger partial charge in [0.1, 0.15) is 12.4 Å². The third kappa shape index (κ3) is 3.86. The second-order valence-corrected chi connectivity index (χ2v) is 5.64. The molecule has 0 heterocycles. The quantitative estimate of drug-likeness (QED) is 0.592. The summed E-state index contributed by atoms with van der Waals surface area (Å²) in [4.78, 5) is 0. The van der Waals surface area contributed by atoms with Crippen LogP contribution in [0.1, 0.15) is 16.7 Å². The van der Waals surface area contributed by atoms with E-state index in [0.717, 1.165) is 11.6 Å². The van der Waals surface area contributed by atoms with Crippen molar-refractivity contribution in [2.75, 3.05) is 0 Å². The zero-order chi connectivity index (χ0) is 18.6. The number of hydrogen-bond donors (Lipinski definition) is 0. The van der Waals surface area contributed by atoms with Crippen molar-refractivity contribution in [2.45, 2.75) is 12.8 Å². The van der Waals surface area contributed by atoms with Gasteiger partial charge in [0.2, 0.25) is 0 Å². The molecule has 3 aromatic carbocycles. The summed E-state index contributed by atoms with van der Waals surface area (Å²) >= 11 is 0. The predicted octanol–water partition coefficient (Wildman–Crippen LogP) is 5.82. The Hall–Kier alpha value is -3.26. The minimum atomic E-state index is -4.55. The highest BCUT2D eigenvalue weighted by molar-refractivity contribution is 5.75. The van der Waals surface area contributed by atoms with E-state index < -0.39 is 11.7 Å². The molecule has 3 aromatic rings. The first kappa shape index (κ1) is 17.6. The molecule has 0 aliphatic heterocycles. The summed E-state index contributed by atoms with van der Waals surface area (Å²) in [6, 6.07) is 21.2. The molecule has 0 spiro atoms. The van der Waals surface area contributed by atoms with Crippen LogP contribution in [0.2, 0.25) is 0 Å². The van der Waals surface area contributed by atoms with Crippen LogP contribution >= 0.6 is 0 Å². The van der Waals surface area contributed by atoms with Crippen LogP contribution in [0.5, 0.6) is 5.75 Å². The predicted molar refractivity (Wildman–Crippen MR) is 92.4 cm³/mol. The van der Waals surface area contributed by atoms with Crippen LogP contribution in [0.25, 0.3) is 11.1 Å². The highest BCUT2D eigenvalue weighted by Gasteiger charge is 2.34. The number of alkyl halides is 3. The van der Waals surface area contributed by atoms with Crippen molar-refractivity contribution in [1.29, 1.82) is 5.26 Å². The van der Waals surface area contributed by atoms with Crippen molar-refractivity contribution in [3.8, 4) is 22.9 Å². The molecule has 0 atom stereocenters. The van der Waals surface area contributed by atoms with Crippen LogP contribution in [-0.2, 0) is 12.8 Å². The summed E-state index contributed by atoms with van der Waals surface area (Å²) in [5, 5.41) is 9.24. The molecule has 0 aromatic heterocycles. The summed E-state index contributed by atoms with van der Waals surface area (Å²) in [5.41, 5.74) is 0.246. The van der Waals surface area contributed by atoms with Gasteiger partial charge in [-0.1, -0.05) is 48.5 Å². The van der Waals surface area contributed by atoms with E-state index in [1.807, 2.05) is 36.4 Å². The number of ether oxygens (including phenoxy) is 1. The van der Waals surface area contributed by atoms with Crippen LogP contribution < -0.4 is 4.74 Å². The maximum atomic E-state index is 13.4. The van der Waals surface area contributed by atoms with Crippen molar-refractivity contribution >= 4 is 0 Å². The lowest BCUT2D eigenvalue weighted by Crippen LogP contribution is -2.08. The van der Waals surface area contributed by atoms with E-state index in [1.54, 1.807) is 18.2 Å². The van der Waals surface area contributed by atoms with E-state index in [4.69, 9.17) is 4.74 Å². The van der Waals surface area contributed by atoms with Crippen LogP contribution in [0.15, 0.2) is 72.8 Å². The number of nitrogens with zero attached hydrogens (tertiary/aromatic N) is 1. The fourth-order valence-corrected chi connectivity index (χ4v) is 2.68. The summed E-state index contributed by atoms with van der Waals surface area (Å²) in [6.07, 6.45) is -4.55. The topological polar surface area (TPSA) is 33.0 Å². The maximum absolute atomic E-state index is 13.4. The molecule has 5 heteroatoms. The van der Waals surface area contributed by atoms with Crippen LogP contribution in [0.3, 0.4) is 0 Å². The third-order valence-corrected chi connectivity index (χ3v) is 3.86. The standard InChI is InChI=1S/C21H14F3NO/c22-21(23,24)19-11-5-9-17(13-25)20(19)16-8-4-10-18(12-16)26-14-15-6-2-1-3-7-15/h1-12H,14H2. The highest BCUT2D eigenvalue weighted by Crippen LogP contribution is 2.39. The first-order chi connectivity index (χ1) is 12.5. The highest BCUT2D eigenvalue weighted by atomic mass is 19.4. The third-order valence-electron chi connectivity index (χ3n) is 3.86. The Kier molecular flexibility index (Phi) is 4.94. The number of halogens is 3. The van der Waals surface area contributed by atoms with Crippen LogP contribution in [0.4, 0.5) is 13.2 Å². The molecule has 2 nitrogen and oxygen atoms in total. The number of rotatable bonds is 4. The molecule has 0 amide bonds. The molecule has 0 radical (unpaired) electrons. The lowest BCUT2D eigenvalue weighted by molar-refractivity contribution is -0.137. The van der Waals surface area contributed by atoms with Crippen molar-refractivity contribution < 1.29 is 17.9 Å². The number of benzene rings is 3. The van der Waals surface area contributed by atoms with Gasteiger partial charge in [0.25, 0.3) is 0 Å². The first-order valence-electron chi connectivity index (χ1n) is 7.86. The smallest absolute Gasteiger partial charge is 0.417 e. The molecule has 130 valence electrons. The molecule has 0 bridgehead atoms. The summed E-state index contributed by atoms with van der Waals surface area (Å²) < 4.78 is 45.8. The molecular formula is C21H14F3NO. The molecule has 0 saturated heterocycles. The first-order valence-corrected chi connectivity index (χ1v) is 7.86. The number of hydrogen-bond acceptors (Lipinski definition) is 2. The SMILES string of the molecule is N#Cc1cccc(C(F)(F)F)c1-c1cccc(OCc2ccccc2)c1. The Morgan fingerprint density at radius 3 is 2.31 bits per heavy atom. The van der Waals surface area contributed by atoms with Crippen LogP contribution in [-0.4, -0.2) is 0 Å². The van der Waals surface area contributed by atoms with E-state index in [1.165, 1.54) is 18.2 Å². The largest absolute Gasteiger partial charge is 0.489 e. The zero-order valence-corrected chi connectivity index (χ0v) is 13.6. The van der Waals surface area contributed by atoms with Gasteiger partial charge < -0.3 is 4.74 Å². The molecule has 0 aliphatic rings. The Morgan fingerprint density at radius 2 is 1.62 bits per heavy atom. The Balaban J connectivity index is 1.97. The van der Waals surface area contributed by atoms with Crippen molar-refractivity contribution in [3.63, 3.8) is 0 Å². The van der Waals surface area contributed by atoms with Gasteiger partial charge in [0, 0.05) is 5.56 Å². The molecule has 3 rings (SSSR count). The molecule has 0 N–H and O–H groups in total. The monoisotopic (exact) mass is 353 g/mol. The maximum Gasteiger partial charge on any atom is 0.417 e. The van der Waals surface area contributed by atoms with E-state index in [-0.39, 0.29) is 11.1 Å². The van der Waals surface area contributed by atoms with Gasteiger partial charge in [0.05, 0.1) is 17.2 Å². The fraction of sp³-hybridized carbons (Fsp3) is 0.0952. The van der Waals surface area contributed by atoms with E-state index >= 15 is 0 Å². The summed E-state index contributed by atoms with van der Waals surface area (Å²) in [7, 11) is 0. The lowest BCUT2D eigenvalue weighted by Gasteiger charge is -2.15. The summed E-state index contributed by atoms with van der Waals surface area (Å²) in [6.45, 7) is 0.302. The van der Waals surface area contributed by atoms with Gasteiger partial charge in [-0.05, 0) is 35.4 Å².